The summed E-state index contributed by atoms with van der Waals surface area (Å²) in [6, 6.07) is 0. The summed E-state index contributed by atoms with van der Waals surface area (Å²) in [5.41, 5.74) is 0. The minimum Gasteiger partial charge on any atom is -0.462 e. The van der Waals surface area contributed by atoms with Crippen LogP contribution in [0.15, 0.2) is 36.5 Å². The zero-order chi connectivity index (χ0) is 47.1. The Hall–Kier alpha value is -2.49. The van der Waals surface area contributed by atoms with Crippen molar-refractivity contribution in [3.05, 3.63) is 36.5 Å². The van der Waals surface area contributed by atoms with Crippen molar-refractivity contribution < 1.29 is 42.8 Å². The predicted octanol–water partition coefficient (Wildman–Crippen LogP) is 15.1. The molecule has 0 bridgehead atoms. The van der Waals surface area contributed by atoms with Gasteiger partial charge in [-0.25, -0.2) is 0 Å². The molecule has 0 N–H and O–H groups in total. The normalized spacial score (nSPS) is 21.5. The van der Waals surface area contributed by atoms with E-state index in [1.165, 1.54) is 77.0 Å². The van der Waals surface area contributed by atoms with Crippen molar-refractivity contribution in [2.45, 2.75) is 295 Å². The highest BCUT2D eigenvalue weighted by Crippen LogP contribution is 2.32. The summed E-state index contributed by atoms with van der Waals surface area (Å²) < 4.78 is 34.1. The lowest BCUT2D eigenvalue weighted by molar-refractivity contribution is -0.167. The lowest BCUT2D eigenvalue weighted by Gasteiger charge is -2.18. The second-order valence-corrected chi connectivity index (χ2v) is 19.6. The van der Waals surface area contributed by atoms with E-state index in [4.69, 9.17) is 28.4 Å². The summed E-state index contributed by atoms with van der Waals surface area (Å²) in [5.74, 6) is -0.943. The standard InChI is InChI=1S/C57H98O9/c1-4-7-9-10-23-32-40-53-54(66-53)42-34-26-22-29-36-44-56(59)62-47-48(63-57(60)45-37-28-21-17-16-19-25-33-41-52-51(65-52)38-30-8-5-2)46-61-55(58)43-35-27-20-15-13-11-12-14-18-24-31-39-50-49(6-3)64-50/h12,14,24-25,31,33,48-54H,4-11,13,15-23,26-30,32,34-47H2,1-3H3/b14-12-,31-24-,33-25-. The lowest BCUT2D eigenvalue weighted by Crippen LogP contribution is -2.30. The number of carbonyl (C=O) groups is 3. The van der Waals surface area contributed by atoms with Crippen LogP contribution in [0.5, 0.6) is 0 Å². The summed E-state index contributed by atoms with van der Waals surface area (Å²) in [7, 11) is 0. The molecule has 3 fully saturated rings. The van der Waals surface area contributed by atoms with Crippen LogP contribution in [0.4, 0.5) is 0 Å². The number of carbonyl (C=O) groups excluding carboxylic acids is 3. The molecule has 0 aromatic heterocycles. The molecule has 3 aliphatic heterocycles. The highest BCUT2D eigenvalue weighted by Gasteiger charge is 2.37. The minimum absolute atomic E-state index is 0.0986. The van der Waals surface area contributed by atoms with Crippen LogP contribution in [0.25, 0.3) is 0 Å². The molecule has 0 aromatic carbocycles. The molecule has 3 rings (SSSR count). The third kappa shape index (κ3) is 32.3. The van der Waals surface area contributed by atoms with Gasteiger partial charge in [0.1, 0.15) is 13.2 Å². The van der Waals surface area contributed by atoms with Crippen LogP contribution in [0.3, 0.4) is 0 Å². The second-order valence-electron chi connectivity index (χ2n) is 19.6. The van der Waals surface area contributed by atoms with Gasteiger partial charge in [-0.1, -0.05) is 179 Å². The molecule has 0 spiro atoms. The van der Waals surface area contributed by atoms with Crippen molar-refractivity contribution in [3.8, 4) is 0 Å². The van der Waals surface area contributed by atoms with Crippen LogP contribution in [0.1, 0.15) is 252 Å². The van der Waals surface area contributed by atoms with Crippen LogP contribution >= 0.6 is 0 Å². The first-order chi connectivity index (χ1) is 32.4. The number of ether oxygens (including phenoxy) is 6. The first kappa shape index (κ1) is 57.8. The number of rotatable bonds is 47. The van der Waals surface area contributed by atoms with Gasteiger partial charge in [0.2, 0.25) is 0 Å². The molecular formula is C57H98O9. The fourth-order valence-electron chi connectivity index (χ4n) is 8.91. The Morgan fingerprint density at radius 3 is 1.33 bits per heavy atom. The molecule has 66 heavy (non-hydrogen) atoms. The van der Waals surface area contributed by atoms with E-state index >= 15 is 0 Å². The maximum atomic E-state index is 12.9. The fourth-order valence-corrected chi connectivity index (χ4v) is 8.91. The van der Waals surface area contributed by atoms with E-state index in [2.05, 4.69) is 57.2 Å². The van der Waals surface area contributed by atoms with Gasteiger partial charge in [-0.15, -0.1) is 0 Å². The minimum atomic E-state index is -0.802. The maximum absolute atomic E-state index is 12.9. The van der Waals surface area contributed by atoms with Gasteiger partial charge in [0.25, 0.3) is 0 Å². The van der Waals surface area contributed by atoms with E-state index in [1.54, 1.807) is 0 Å². The largest absolute Gasteiger partial charge is 0.462 e. The van der Waals surface area contributed by atoms with Gasteiger partial charge in [-0.2, -0.15) is 0 Å². The van der Waals surface area contributed by atoms with Gasteiger partial charge in [0.15, 0.2) is 6.10 Å². The van der Waals surface area contributed by atoms with E-state index in [0.717, 1.165) is 135 Å². The number of unbranched alkanes of at least 4 members (excludes halogenated alkanes) is 21. The van der Waals surface area contributed by atoms with Crippen LogP contribution in [-0.4, -0.2) is 73.8 Å². The second kappa shape index (κ2) is 39.4. The van der Waals surface area contributed by atoms with Gasteiger partial charge >= 0.3 is 17.9 Å². The number of hydrogen-bond acceptors (Lipinski definition) is 9. The Bertz CT molecular complexity index is 1310. The molecule has 0 radical (unpaired) electrons. The van der Waals surface area contributed by atoms with Crippen molar-refractivity contribution in [2.75, 3.05) is 13.2 Å². The molecule has 3 heterocycles. The zero-order valence-electron chi connectivity index (χ0n) is 42.5. The number of epoxide rings is 3. The molecule has 380 valence electrons. The van der Waals surface area contributed by atoms with Crippen molar-refractivity contribution in [2.24, 2.45) is 0 Å². The van der Waals surface area contributed by atoms with Crippen LogP contribution in [0, 0.1) is 0 Å². The van der Waals surface area contributed by atoms with E-state index in [0.29, 0.717) is 55.9 Å². The van der Waals surface area contributed by atoms with Gasteiger partial charge in [-0.3, -0.25) is 14.4 Å². The van der Waals surface area contributed by atoms with Crippen molar-refractivity contribution in [3.63, 3.8) is 0 Å². The number of hydrogen-bond donors (Lipinski definition) is 0. The molecule has 0 aliphatic carbocycles. The van der Waals surface area contributed by atoms with Crippen LogP contribution < -0.4 is 0 Å². The zero-order valence-corrected chi connectivity index (χ0v) is 42.5. The monoisotopic (exact) mass is 927 g/mol. The van der Waals surface area contributed by atoms with Crippen LogP contribution in [-0.2, 0) is 42.8 Å². The molecule has 9 nitrogen and oxygen atoms in total. The molecular weight excluding hydrogens is 829 g/mol. The molecule has 3 aliphatic rings. The quantitative estimate of drug-likeness (QED) is 0.0193. The maximum Gasteiger partial charge on any atom is 0.306 e. The molecule has 3 saturated heterocycles. The Morgan fingerprint density at radius 1 is 0.409 bits per heavy atom. The van der Waals surface area contributed by atoms with Crippen molar-refractivity contribution in [1.29, 1.82) is 0 Å². The van der Waals surface area contributed by atoms with Gasteiger partial charge in [0.05, 0.1) is 36.6 Å². The molecule has 0 saturated carbocycles. The molecule has 0 amide bonds. The van der Waals surface area contributed by atoms with Crippen molar-refractivity contribution >= 4 is 17.9 Å². The predicted molar refractivity (Wildman–Crippen MR) is 268 cm³/mol. The first-order valence-electron chi connectivity index (χ1n) is 27.8. The third-order valence-corrected chi connectivity index (χ3v) is 13.4. The van der Waals surface area contributed by atoms with Crippen LogP contribution in [0.2, 0.25) is 0 Å². The molecule has 7 unspecified atom stereocenters. The summed E-state index contributed by atoms with van der Waals surface area (Å²) in [6.07, 6.45) is 53.5. The Labute approximate surface area is 403 Å². The fraction of sp³-hybridized carbons (Fsp3) is 0.842. The Morgan fingerprint density at radius 2 is 0.788 bits per heavy atom. The summed E-state index contributed by atoms with van der Waals surface area (Å²) >= 11 is 0. The van der Waals surface area contributed by atoms with Gasteiger partial charge in [-0.05, 0) is 89.9 Å². The van der Waals surface area contributed by atoms with E-state index in [-0.39, 0.29) is 31.1 Å². The SMILES string of the molecule is CCCCCCCCC1OC1CCCCCCCC(=O)OCC(COC(=O)CCCCCCC/C=C\C/C=C\CC1OC1CC)OC(=O)CCCCCCC/C=C\CC1OC1CCCCC. The third-order valence-electron chi connectivity index (χ3n) is 13.4. The summed E-state index contributed by atoms with van der Waals surface area (Å²) in [5, 5.41) is 0. The topological polar surface area (TPSA) is 116 Å². The summed E-state index contributed by atoms with van der Waals surface area (Å²) in [6.45, 7) is 6.47. The molecule has 9 heteroatoms. The molecule has 7 atom stereocenters. The van der Waals surface area contributed by atoms with Gasteiger partial charge in [0, 0.05) is 19.3 Å². The lowest BCUT2D eigenvalue weighted by atomic mass is 10.0. The van der Waals surface area contributed by atoms with Gasteiger partial charge < -0.3 is 28.4 Å². The number of esters is 3. The first-order valence-corrected chi connectivity index (χ1v) is 27.8. The van der Waals surface area contributed by atoms with E-state index < -0.39 is 6.10 Å². The Kier molecular flexibility index (Phi) is 34.5. The number of allylic oxidation sites excluding steroid dienone is 4. The average Bonchev–Trinajstić information content (AvgIpc) is 4.25. The smallest absolute Gasteiger partial charge is 0.306 e. The average molecular weight is 927 g/mol. The Balaban J connectivity index is 1.22. The highest BCUT2D eigenvalue weighted by atomic mass is 16.6. The van der Waals surface area contributed by atoms with E-state index in [1.807, 2.05) is 0 Å². The molecule has 0 aromatic rings. The van der Waals surface area contributed by atoms with E-state index in [9.17, 15) is 14.4 Å². The van der Waals surface area contributed by atoms with Crippen molar-refractivity contribution in [1.82, 2.24) is 0 Å². The highest BCUT2D eigenvalue weighted by molar-refractivity contribution is 5.71. The summed E-state index contributed by atoms with van der Waals surface area (Å²) in [4.78, 5) is 38.2.